The number of hydrogen-bond acceptors (Lipinski definition) is 2. The van der Waals surface area contributed by atoms with Gasteiger partial charge in [0.15, 0.2) is 0 Å². The smallest absolute Gasteiger partial charge is 0.0887 e. The Morgan fingerprint density at radius 3 is 2.48 bits per heavy atom. The van der Waals surface area contributed by atoms with Crippen LogP contribution in [0.2, 0.25) is 0 Å². The van der Waals surface area contributed by atoms with Crippen molar-refractivity contribution in [3.63, 3.8) is 0 Å². The topological polar surface area (TPSA) is 12.9 Å². The molecule has 0 aliphatic heterocycles. The monoisotopic (exact) mass is 341 g/mol. The van der Waals surface area contributed by atoms with Crippen LogP contribution in [-0.4, -0.2) is 4.98 Å². The van der Waals surface area contributed by atoms with Crippen molar-refractivity contribution in [2.75, 3.05) is 0 Å². The average molecular weight is 341 g/mol. The third-order valence-electron chi connectivity index (χ3n) is 4.42. The highest BCUT2D eigenvalue weighted by Crippen LogP contribution is 2.37. The lowest BCUT2D eigenvalue weighted by Crippen LogP contribution is -1.93. The van der Waals surface area contributed by atoms with E-state index < -0.39 is 0 Å². The van der Waals surface area contributed by atoms with Crippen molar-refractivity contribution in [1.82, 2.24) is 4.98 Å². The van der Waals surface area contributed by atoms with Crippen LogP contribution in [0.1, 0.15) is 18.2 Å². The molecule has 2 heterocycles. The number of fused-ring (bicyclic) bond motifs is 2. The van der Waals surface area contributed by atoms with Crippen molar-refractivity contribution in [3.05, 3.63) is 84.1 Å². The van der Waals surface area contributed by atoms with Gasteiger partial charge in [-0.05, 0) is 48.4 Å². The second-order valence-electron chi connectivity index (χ2n) is 6.05. The van der Waals surface area contributed by atoms with Crippen LogP contribution in [0, 0.1) is 6.92 Å². The van der Waals surface area contributed by atoms with Gasteiger partial charge in [-0.15, -0.1) is 11.3 Å². The zero-order valence-electron chi connectivity index (χ0n) is 14.4. The minimum atomic E-state index is 1.03. The Bertz CT molecular complexity index is 1080. The van der Waals surface area contributed by atoms with E-state index in [1.54, 1.807) is 0 Å². The van der Waals surface area contributed by atoms with Gasteiger partial charge in [0.25, 0.3) is 0 Å². The molecule has 0 atom stereocenters. The van der Waals surface area contributed by atoms with Gasteiger partial charge in [-0.1, -0.05) is 60.7 Å². The Morgan fingerprint density at radius 1 is 0.920 bits per heavy atom. The van der Waals surface area contributed by atoms with E-state index >= 15 is 0 Å². The fraction of sp³-hybridized carbons (Fsp3) is 0.0870. The largest absolute Gasteiger partial charge is 0.247 e. The highest BCUT2D eigenvalue weighted by molar-refractivity contribution is 7.22. The molecule has 0 radical (unpaired) electrons. The summed E-state index contributed by atoms with van der Waals surface area (Å²) in [6, 6.07) is 19.3. The molecule has 0 spiro atoms. The number of rotatable bonds is 3. The lowest BCUT2D eigenvalue weighted by atomic mass is 10.0. The predicted molar refractivity (Wildman–Crippen MR) is 111 cm³/mol. The van der Waals surface area contributed by atoms with Crippen molar-refractivity contribution in [3.8, 4) is 10.6 Å². The third-order valence-corrected chi connectivity index (χ3v) is 5.54. The normalized spacial score (nSPS) is 12.1. The highest BCUT2D eigenvalue weighted by Gasteiger charge is 2.13. The van der Waals surface area contributed by atoms with Gasteiger partial charge in [0.1, 0.15) is 0 Å². The molecule has 0 N–H and O–H groups in total. The molecule has 0 bridgehead atoms. The van der Waals surface area contributed by atoms with Crippen LogP contribution >= 0.6 is 11.3 Å². The van der Waals surface area contributed by atoms with E-state index in [-0.39, 0.29) is 0 Å². The Balaban J connectivity index is 1.99. The maximum atomic E-state index is 5.03. The molecule has 4 aromatic rings. The van der Waals surface area contributed by atoms with Crippen molar-refractivity contribution in [2.24, 2.45) is 0 Å². The van der Waals surface area contributed by atoms with Crippen LogP contribution in [0.25, 0.3) is 37.5 Å². The summed E-state index contributed by atoms with van der Waals surface area (Å²) in [7, 11) is 0. The van der Waals surface area contributed by atoms with E-state index in [0.717, 1.165) is 11.4 Å². The summed E-state index contributed by atoms with van der Waals surface area (Å²) in [4.78, 5) is 6.25. The van der Waals surface area contributed by atoms with Crippen LogP contribution in [0.3, 0.4) is 0 Å². The van der Waals surface area contributed by atoms with Crippen LogP contribution in [0.15, 0.2) is 72.8 Å². The SMILES string of the molecule is C/C=C\C=C/c1nc(-c2cc3ccccc3s2)c2ccccc2c1C. The van der Waals surface area contributed by atoms with E-state index in [0.29, 0.717) is 0 Å². The molecule has 0 amide bonds. The zero-order chi connectivity index (χ0) is 17.2. The lowest BCUT2D eigenvalue weighted by Gasteiger charge is -2.10. The van der Waals surface area contributed by atoms with Crippen molar-refractivity contribution in [2.45, 2.75) is 13.8 Å². The Kier molecular flexibility index (Phi) is 4.21. The summed E-state index contributed by atoms with van der Waals surface area (Å²) in [6.07, 6.45) is 8.21. The van der Waals surface area contributed by atoms with Crippen molar-refractivity contribution >= 4 is 38.3 Å². The molecule has 0 saturated heterocycles. The van der Waals surface area contributed by atoms with Gasteiger partial charge >= 0.3 is 0 Å². The molecule has 25 heavy (non-hydrogen) atoms. The fourth-order valence-corrected chi connectivity index (χ4v) is 4.19. The molecule has 122 valence electrons. The number of aromatic nitrogens is 1. The molecule has 2 aromatic carbocycles. The Hall–Kier alpha value is -2.71. The molecule has 0 fully saturated rings. The molecule has 1 nitrogen and oxygen atoms in total. The van der Waals surface area contributed by atoms with Gasteiger partial charge in [0.2, 0.25) is 0 Å². The van der Waals surface area contributed by atoms with Gasteiger partial charge in [-0.3, -0.25) is 0 Å². The summed E-state index contributed by atoms with van der Waals surface area (Å²) in [5, 5.41) is 3.76. The molecule has 2 heteroatoms. The van der Waals surface area contributed by atoms with Gasteiger partial charge in [0, 0.05) is 10.1 Å². The molecule has 0 saturated carbocycles. The molecule has 0 unspecified atom stereocenters. The van der Waals surface area contributed by atoms with Gasteiger partial charge < -0.3 is 0 Å². The first kappa shape index (κ1) is 15.8. The summed E-state index contributed by atoms with van der Waals surface area (Å²) in [6.45, 7) is 4.17. The van der Waals surface area contributed by atoms with E-state index in [9.17, 15) is 0 Å². The first-order chi connectivity index (χ1) is 12.3. The second kappa shape index (κ2) is 6.66. The van der Waals surface area contributed by atoms with Gasteiger partial charge in [0.05, 0.1) is 16.3 Å². The average Bonchev–Trinajstić information content (AvgIpc) is 3.08. The Labute approximate surface area is 152 Å². The summed E-state index contributed by atoms with van der Waals surface area (Å²) < 4.78 is 1.30. The number of nitrogens with zero attached hydrogens (tertiary/aromatic N) is 1. The Morgan fingerprint density at radius 2 is 1.68 bits per heavy atom. The summed E-state index contributed by atoms with van der Waals surface area (Å²) in [5.41, 5.74) is 3.33. The van der Waals surface area contributed by atoms with E-state index in [2.05, 4.69) is 73.7 Å². The third kappa shape index (κ3) is 2.90. The van der Waals surface area contributed by atoms with Gasteiger partial charge in [-0.25, -0.2) is 4.98 Å². The minimum Gasteiger partial charge on any atom is -0.247 e. The molecular weight excluding hydrogens is 322 g/mol. The molecule has 0 aliphatic rings. The van der Waals surface area contributed by atoms with Crippen LogP contribution in [0.4, 0.5) is 0 Å². The van der Waals surface area contributed by atoms with Crippen LogP contribution in [0.5, 0.6) is 0 Å². The standard InChI is InChI=1S/C23H19NS/c1-3-4-5-13-20-16(2)18-11-7-8-12-19(18)23(24-20)22-15-17-10-6-9-14-21(17)25-22/h3-15H,1-2H3/b4-3-,13-5-. The summed E-state index contributed by atoms with van der Waals surface area (Å²) in [5.74, 6) is 0. The molecule has 0 aliphatic carbocycles. The number of thiophene rings is 1. The number of allylic oxidation sites excluding steroid dienone is 3. The zero-order valence-corrected chi connectivity index (χ0v) is 15.2. The van der Waals surface area contributed by atoms with Gasteiger partial charge in [-0.2, -0.15) is 0 Å². The van der Waals surface area contributed by atoms with Crippen molar-refractivity contribution in [1.29, 1.82) is 0 Å². The number of aryl methyl sites for hydroxylation is 1. The quantitative estimate of drug-likeness (QED) is 0.365. The first-order valence-corrected chi connectivity index (χ1v) is 9.27. The van der Waals surface area contributed by atoms with E-state index in [1.165, 1.54) is 31.3 Å². The first-order valence-electron chi connectivity index (χ1n) is 8.45. The maximum absolute atomic E-state index is 5.03. The lowest BCUT2D eigenvalue weighted by molar-refractivity contribution is 1.28. The number of pyridine rings is 1. The summed E-state index contributed by atoms with van der Waals surface area (Å²) >= 11 is 1.81. The molecular formula is C23H19NS. The number of hydrogen-bond donors (Lipinski definition) is 0. The second-order valence-corrected chi connectivity index (χ2v) is 7.13. The van der Waals surface area contributed by atoms with Crippen molar-refractivity contribution < 1.29 is 0 Å². The number of benzene rings is 2. The fourth-order valence-electron chi connectivity index (χ4n) is 3.13. The molecule has 2 aromatic heterocycles. The highest BCUT2D eigenvalue weighted by atomic mass is 32.1. The predicted octanol–water partition coefficient (Wildman–Crippen LogP) is 7.01. The minimum absolute atomic E-state index is 1.03. The molecule has 4 rings (SSSR count). The van der Waals surface area contributed by atoms with E-state index in [1.807, 2.05) is 30.4 Å². The van der Waals surface area contributed by atoms with E-state index in [4.69, 9.17) is 4.98 Å². The van der Waals surface area contributed by atoms with Crippen LogP contribution in [-0.2, 0) is 0 Å². The maximum Gasteiger partial charge on any atom is 0.0887 e. The van der Waals surface area contributed by atoms with Crippen LogP contribution < -0.4 is 0 Å².